The number of fused-ring (bicyclic) bond motifs is 1. The third-order valence-electron chi connectivity index (χ3n) is 10.2. The summed E-state index contributed by atoms with van der Waals surface area (Å²) in [5.74, 6) is 1.86. The molecule has 3 heteroatoms. The number of benzene rings is 2. The van der Waals surface area contributed by atoms with E-state index in [1.54, 1.807) is 0 Å². The Bertz CT molecular complexity index is 1630. The molecule has 0 atom stereocenters. The summed E-state index contributed by atoms with van der Waals surface area (Å²) in [5.41, 5.74) is 12.7. The van der Waals surface area contributed by atoms with Gasteiger partial charge < -0.3 is 14.2 Å². The molecule has 0 aliphatic carbocycles. The molecule has 0 heterocycles. The molecule has 54 heavy (non-hydrogen) atoms. The predicted octanol–water partition coefficient (Wildman–Crippen LogP) is 15.8. The maximum atomic E-state index is 6.25. The topological polar surface area (TPSA) is 27.7 Å². The van der Waals surface area contributed by atoms with Gasteiger partial charge >= 0.3 is 0 Å². The molecular weight excluding hydrogens is 661 g/mol. The van der Waals surface area contributed by atoms with Gasteiger partial charge in [0.2, 0.25) is 0 Å². The van der Waals surface area contributed by atoms with E-state index in [0.717, 1.165) is 92.0 Å². The molecule has 2 aromatic rings. The van der Waals surface area contributed by atoms with E-state index in [-0.39, 0.29) is 6.79 Å². The lowest BCUT2D eigenvalue weighted by Gasteiger charge is -2.20. The maximum absolute atomic E-state index is 6.25. The van der Waals surface area contributed by atoms with E-state index in [1.165, 1.54) is 63.8 Å². The molecule has 0 amide bonds. The average Bonchev–Trinajstić information content (AvgIpc) is 3.12. The van der Waals surface area contributed by atoms with E-state index in [4.69, 9.17) is 14.2 Å². The second-order valence-corrected chi connectivity index (χ2v) is 15.5. The molecule has 0 saturated carbocycles. The van der Waals surface area contributed by atoms with Crippen molar-refractivity contribution in [3.05, 3.63) is 117 Å². The van der Waals surface area contributed by atoms with Gasteiger partial charge in [0.25, 0.3) is 0 Å². The van der Waals surface area contributed by atoms with Crippen molar-refractivity contribution in [2.75, 3.05) is 20.0 Å². The highest BCUT2D eigenvalue weighted by Gasteiger charge is 2.18. The molecule has 3 nitrogen and oxygen atoms in total. The summed E-state index contributed by atoms with van der Waals surface area (Å²) in [4.78, 5) is 0. The van der Waals surface area contributed by atoms with Gasteiger partial charge in [0.15, 0.2) is 6.79 Å². The number of hydrogen-bond acceptors (Lipinski definition) is 3. The summed E-state index contributed by atoms with van der Waals surface area (Å²) in [5, 5.41) is 2.16. The van der Waals surface area contributed by atoms with E-state index < -0.39 is 0 Å². The van der Waals surface area contributed by atoms with Crippen LogP contribution in [0, 0.1) is 6.92 Å². The molecule has 0 fully saturated rings. The molecule has 0 radical (unpaired) electrons. The number of allylic oxidation sites excluding steroid dienone is 14. The van der Waals surface area contributed by atoms with Crippen LogP contribution in [0.3, 0.4) is 0 Å². The number of ether oxygens (including phenoxy) is 3. The van der Waals surface area contributed by atoms with E-state index in [2.05, 4.69) is 136 Å². The zero-order valence-electron chi connectivity index (χ0n) is 36.4. The highest BCUT2D eigenvalue weighted by atomic mass is 16.7. The van der Waals surface area contributed by atoms with Crippen LogP contribution in [0.25, 0.3) is 10.8 Å². The lowest BCUT2D eigenvalue weighted by atomic mass is 9.95. The Morgan fingerprint density at radius 2 is 0.870 bits per heavy atom. The van der Waals surface area contributed by atoms with Gasteiger partial charge in [0.1, 0.15) is 11.5 Å². The second kappa shape index (κ2) is 27.1. The van der Waals surface area contributed by atoms with Crippen LogP contribution in [0.2, 0.25) is 0 Å². The van der Waals surface area contributed by atoms with Crippen molar-refractivity contribution >= 4 is 10.8 Å². The van der Waals surface area contributed by atoms with Crippen LogP contribution in [0.4, 0.5) is 0 Å². The van der Waals surface area contributed by atoms with Crippen LogP contribution in [-0.2, 0) is 11.2 Å². The molecule has 0 aliphatic heterocycles. The predicted molar refractivity (Wildman–Crippen MR) is 238 cm³/mol. The van der Waals surface area contributed by atoms with Crippen LogP contribution >= 0.6 is 0 Å². The van der Waals surface area contributed by atoms with Crippen molar-refractivity contribution in [1.82, 2.24) is 0 Å². The third kappa shape index (κ3) is 18.7. The van der Waals surface area contributed by atoms with E-state index in [1.807, 2.05) is 6.92 Å². The standard InChI is InChI=1S/C51H76O3/c1-12-52-38-54-50-46(11)47(51(53-13-2)49-35-15-14-34-48(49)50)37-36-45(10)33-21-32-44(9)31-20-30-43(8)29-19-28-42(7)27-18-26-41(6)25-17-24-40(5)23-16-22-39(3)4/h14-15,22,24,26,28,30,32,34-36H,12-13,16-21,23,25,27,29,31,33,37-38H2,1-11H3/b40-24+,41-26+,42-28+,43-30+,44-32+,45-36+. The summed E-state index contributed by atoms with van der Waals surface area (Å²) in [6.07, 6.45) is 31.4. The summed E-state index contributed by atoms with van der Waals surface area (Å²) in [6.45, 7) is 25.7. The molecule has 2 rings (SSSR count). The molecule has 0 saturated heterocycles. The first kappa shape index (κ1) is 46.6. The molecular formula is C51H76O3. The highest BCUT2D eigenvalue weighted by molar-refractivity contribution is 5.96. The van der Waals surface area contributed by atoms with Crippen molar-refractivity contribution < 1.29 is 14.2 Å². The minimum absolute atomic E-state index is 0.247. The summed E-state index contributed by atoms with van der Waals surface area (Å²) in [7, 11) is 0. The van der Waals surface area contributed by atoms with Crippen molar-refractivity contribution in [2.24, 2.45) is 0 Å². The Kier molecular flexibility index (Phi) is 23.4. The van der Waals surface area contributed by atoms with Gasteiger partial charge in [-0.1, -0.05) is 106 Å². The fourth-order valence-corrected chi connectivity index (χ4v) is 6.68. The Morgan fingerprint density at radius 3 is 1.26 bits per heavy atom. The van der Waals surface area contributed by atoms with Crippen molar-refractivity contribution in [2.45, 2.75) is 160 Å². The van der Waals surface area contributed by atoms with Gasteiger partial charge in [0, 0.05) is 22.9 Å². The normalized spacial score (nSPS) is 13.5. The monoisotopic (exact) mass is 737 g/mol. The first-order chi connectivity index (χ1) is 26.0. The molecule has 0 spiro atoms. The molecule has 0 unspecified atom stereocenters. The van der Waals surface area contributed by atoms with Crippen molar-refractivity contribution in [3.63, 3.8) is 0 Å². The maximum Gasteiger partial charge on any atom is 0.189 e. The van der Waals surface area contributed by atoms with Crippen molar-refractivity contribution in [1.29, 1.82) is 0 Å². The summed E-state index contributed by atoms with van der Waals surface area (Å²) in [6, 6.07) is 8.37. The summed E-state index contributed by atoms with van der Waals surface area (Å²) >= 11 is 0. The minimum atomic E-state index is 0.247. The first-order valence-corrected chi connectivity index (χ1v) is 20.9. The number of rotatable bonds is 26. The van der Waals surface area contributed by atoms with Crippen molar-refractivity contribution in [3.8, 4) is 11.5 Å². The van der Waals surface area contributed by atoms with E-state index >= 15 is 0 Å². The minimum Gasteiger partial charge on any atom is -0.493 e. The van der Waals surface area contributed by atoms with E-state index in [9.17, 15) is 0 Å². The van der Waals surface area contributed by atoms with Gasteiger partial charge in [0.05, 0.1) is 6.61 Å². The molecule has 2 aromatic carbocycles. The number of hydrogen-bond donors (Lipinski definition) is 0. The lowest BCUT2D eigenvalue weighted by Crippen LogP contribution is -2.07. The average molecular weight is 737 g/mol. The van der Waals surface area contributed by atoms with Gasteiger partial charge in [-0.15, -0.1) is 0 Å². The molecule has 0 bridgehead atoms. The van der Waals surface area contributed by atoms with Crippen LogP contribution in [0.15, 0.2) is 106 Å². The molecule has 0 aliphatic rings. The molecule has 0 N–H and O–H groups in total. The van der Waals surface area contributed by atoms with Gasteiger partial charge in [-0.2, -0.15) is 0 Å². The zero-order valence-corrected chi connectivity index (χ0v) is 36.4. The first-order valence-electron chi connectivity index (χ1n) is 20.9. The quantitative estimate of drug-likeness (QED) is 0.0547. The van der Waals surface area contributed by atoms with Gasteiger partial charge in [-0.25, -0.2) is 0 Å². The van der Waals surface area contributed by atoms with E-state index in [0.29, 0.717) is 13.2 Å². The van der Waals surface area contributed by atoms with Crippen LogP contribution < -0.4 is 9.47 Å². The largest absolute Gasteiger partial charge is 0.493 e. The fourth-order valence-electron chi connectivity index (χ4n) is 6.68. The molecule has 298 valence electrons. The van der Waals surface area contributed by atoms with Crippen LogP contribution in [0.5, 0.6) is 11.5 Å². The lowest BCUT2D eigenvalue weighted by molar-refractivity contribution is 0.0229. The zero-order chi connectivity index (χ0) is 39.7. The Balaban J connectivity index is 1.79. The Morgan fingerprint density at radius 1 is 0.481 bits per heavy atom. The smallest absolute Gasteiger partial charge is 0.189 e. The van der Waals surface area contributed by atoms with Gasteiger partial charge in [-0.3, -0.25) is 0 Å². The third-order valence-corrected chi connectivity index (χ3v) is 10.2. The molecule has 0 aromatic heterocycles. The van der Waals surface area contributed by atoms with Crippen LogP contribution in [0.1, 0.15) is 157 Å². The Labute approximate surface area is 332 Å². The van der Waals surface area contributed by atoms with Gasteiger partial charge in [-0.05, 0) is 165 Å². The fraction of sp³-hybridized carbons (Fsp3) is 0.529. The van der Waals surface area contributed by atoms with Crippen LogP contribution in [-0.4, -0.2) is 20.0 Å². The summed E-state index contributed by atoms with van der Waals surface area (Å²) < 4.78 is 18.0. The SMILES string of the molecule is CCOCOc1c(C)c(C/C=C(\C)CC/C=C(\C)CC/C=C(\C)CC/C=C(\C)CC/C=C(\C)CC/C=C(\C)CCC=C(C)C)c(OCC)c2ccccc12. The Hall–Kier alpha value is -3.56. The highest BCUT2D eigenvalue weighted by Crippen LogP contribution is 2.41. The second-order valence-electron chi connectivity index (χ2n) is 15.5.